The van der Waals surface area contributed by atoms with Crippen LogP contribution in [0.3, 0.4) is 0 Å². The van der Waals surface area contributed by atoms with Crippen LogP contribution in [0.5, 0.6) is 0 Å². The molecule has 1 amide bonds. The lowest BCUT2D eigenvalue weighted by molar-refractivity contribution is -0.384. The minimum atomic E-state index is -4.70. The first-order valence-electron chi connectivity index (χ1n) is 6.54. The summed E-state index contributed by atoms with van der Waals surface area (Å²) in [5.41, 5.74) is 2.85. The third-order valence-electron chi connectivity index (χ3n) is 3.12. The molecule has 0 bridgehead atoms. The van der Waals surface area contributed by atoms with Crippen LogP contribution in [0.2, 0.25) is 0 Å². The highest BCUT2D eigenvalue weighted by Crippen LogP contribution is 2.34. The van der Waals surface area contributed by atoms with E-state index in [2.05, 4.69) is 15.8 Å². The predicted molar refractivity (Wildman–Crippen MR) is 76.8 cm³/mol. The van der Waals surface area contributed by atoms with Crippen LogP contribution in [0, 0.1) is 10.1 Å². The number of nitro benzene ring substituents is 1. The van der Waals surface area contributed by atoms with Crippen molar-refractivity contribution < 1.29 is 22.9 Å². The van der Waals surface area contributed by atoms with Crippen molar-refractivity contribution in [3.8, 4) is 0 Å². The minimum Gasteiger partial charge on any atom is -0.337 e. The smallest absolute Gasteiger partial charge is 0.337 e. The summed E-state index contributed by atoms with van der Waals surface area (Å²) in [7, 11) is 1.68. The maximum Gasteiger partial charge on any atom is 0.416 e. The van der Waals surface area contributed by atoms with E-state index in [0.29, 0.717) is 17.8 Å². The topological polar surface area (TPSA) is 102 Å². The zero-order valence-electron chi connectivity index (χ0n) is 12.3. The summed E-state index contributed by atoms with van der Waals surface area (Å²) in [6, 6.07) is 1.96. The average molecular weight is 343 g/mol. The molecule has 0 saturated carbocycles. The Labute approximate surface area is 133 Å². The monoisotopic (exact) mass is 343 g/mol. The summed E-state index contributed by atoms with van der Waals surface area (Å²) in [6.07, 6.45) is -1.79. The number of aryl methyl sites for hydroxylation is 1. The number of benzene rings is 1. The Morgan fingerprint density at radius 1 is 1.42 bits per heavy atom. The number of rotatable bonds is 5. The van der Waals surface area contributed by atoms with E-state index < -0.39 is 28.3 Å². The summed E-state index contributed by atoms with van der Waals surface area (Å²) < 4.78 is 39.4. The summed E-state index contributed by atoms with van der Waals surface area (Å²) in [6.45, 7) is 0. The van der Waals surface area contributed by atoms with Gasteiger partial charge in [0.05, 0.1) is 23.2 Å². The SMILES string of the molecule is Cn1cncc1CC(=O)NNc1ccc(C(F)(F)F)cc1[N+](=O)[O-]. The fourth-order valence-corrected chi connectivity index (χ4v) is 1.87. The van der Waals surface area contributed by atoms with Crippen LogP contribution in [0.25, 0.3) is 0 Å². The molecule has 0 saturated heterocycles. The summed E-state index contributed by atoms with van der Waals surface area (Å²) >= 11 is 0. The van der Waals surface area contributed by atoms with E-state index in [1.165, 1.54) is 12.5 Å². The lowest BCUT2D eigenvalue weighted by Crippen LogP contribution is -2.31. The van der Waals surface area contributed by atoms with Crippen LogP contribution >= 0.6 is 0 Å². The van der Waals surface area contributed by atoms with Crippen LogP contribution in [0.4, 0.5) is 24.5 Å². The Morgan fingerprint density at radius 3 is 2.67 bits per heavy atom. The maximum atomic E-state index is 12.6. The largest absolute Gasteiger partial charge is 0.416 e. The standard InChI is InChI=1S/C13H12F3N5O3/c1-20-7-17-6-9(20)5-12(22)19-18-10-3-2-8(13(14,15)16)4-11(10)21(23)24/h2-4,6-7,18H,5H2,1H3,(H,19,22). The van der Waals surface area contributed by atoms with Crippen LogP contribution in [0.15, 0.2) is 30.7 Å². The second kappa shape index (κ2) is 6.56. The third-order valence-corrected chi connectivity index (χ3v) is 3.12. The fourth-order valence-electron chi connectivity index (χ4n) is 1.87. The molecule has 2 rings (SSSR count). The Kier molecular flexibility index (Phi) is 4.71. The lowest BCUT2D eigenvalue weighted by Gasteiger charge is -2.11. The second-order valence-electron chi connectivity index (χ2n) is 4.83. The molecule has 2 aromatic rings. The molecule has 0 fully saturated rings. The van der Waals surface area contributed by atoms with E-state index >= 15 is 0 Å². The number of hydrogen-bond acceptors (Lipinski definition) is 5. The number of nitrogens with one attached hydrogen (secondary N) is 2. The van der Waals surface area contributed by atoms with E-state index in [1.54, 1.807) is 11.6 Å². The molecule has 0 spiro atoms. The molecule has 24 heavy (non-hydrogen) atoms. The minimum absolute atomic E-state index is 0.0576. The van der Waals surface area contributed by atoms with E-state index in [4.69, 9.17) is 0 Å². The number of halogens is 3. The quantitative estimate of drug-likeness (QED) is 0.639. The van der Waals surface area contributed by atoms with Crippen molar-refractivity contribution in [2.75, 3.05) is 5.43 Å². The van der Waals surface area contributed by atoms with E-state index in [1.807, 2.05) is 0 Å². The summed E-state index contributed by atoms with van der Waals surface area (Å²) in [4.78, 5) is 25.6. The van der Waals surface area contributed by atoms with Crippen molar-refractivity contribution in [2.24, 2.45) is 7.05 Å². The van der Waals surface area contributed by atoms with E-state index in [0.717, 1.165) is 6.07 Å². The molecule has 128 valence electrons. The highest BCUT2D eigenvalue weighted by molar-refractivity contribution is 5.80. The van der Waals surface area contributed by atoms with Crippen molar-refractivity contribution in [2.45, 2.75) is 12.6 Å². The fraction of sp³-hybridized carbons (Fsp3) is 0.231. The van der Waals surface area contributed by atoms with Crippen molar-refractivity contribution in [3.63, 3.8) is 0 Å². The molecule has 1 heterocycles. The number of anilines is 1. The average Bonchev–Trinajstić information content (AvgIpc) is 2.89. The van der Waals surface area contributed by atoms with Gasteiger partial charge < -0.3 is 4.57 Å². The molecule has 1 aromatic carbocycles. The highest BCUT2D eigenvalue weighted by atomic mass is 19.4. The molecule has 0 aliphatic carbocycles. The Bertz CT molecular complexity index is 772. The molecule has 1 aromatic heterocycles. The van der Waals surface area contributed by atoms with Gasteiger partial charge in [-0.2, -0.15) is 13.2 Å². The second-order valence-corrected chi connectivity index (χ2v) is 4.83. The Balaban J connectivity index is 2.10. The number of carbonyl (C=O) groups excluding carboxylic acids is 1. The molecule has 0 unspecified atom stereocenters. The third kappa shape index (κ3) is 4.00. The molecule has 0 aliphatic rings. The number of amides is 1. The van der Waals surface area contributed by atoms with Gasteiger partial charge >= 0.3 is 6.18 Å². The molecule has 0 radical (unpaired) electrons. The first-order chi connectivity index (χ1) is 11.2. The number of aromatic nitrogens is 2. The Hall–Kier alpha value is -3.11. The number of nitrogens with zero attached hydrogens (tertiary/aromatic N) is 3. The van der Waals surface area contributed by atoms with Gasteiger partial charge in [0, 0.05) is 25.0 Å². The normalized spacial score (nSPS) is 11.2. The Morgan fingerprint density at radius 2 is 2.12 bits per heavy atom. The zero-order chi connectivity index (χ0) is 17.9. The van der Waals surface area contributed by atoms with Crippen molar-refractivity contribution in [3.05, 3.63) is 52.1 Å². The molecule has 8 nitrogen and oxygen atoms in total. The summed E-state index contributed by atoms with van der Waals surface area (Å²) in [5, 5.41) is 10.9. The molecular weight excluding hydrogens is 331 g/mol. The van der Waals surface area contributed by atoms with Crippen LogP contribution in [0.1, 0.15) is 11.3 Å². The van der Waals surface area contributed by atoms with Gasteiger partial charge in [-0.15, -0.1) is 0 Å². The highest BCUT2D eigenvalue weighted by Gasteiger charge is 2.33. The van der Waals surface area contributed by atoms with E-state index in [-0.39, 0.29) is 12.1 Å². The van der Waals surface area contributed by atoms with Crippen LogP contribution in [-0.4, -0.2) is 20.4 Å². The van der Waals surface area contributed by atoms with Gasteiger partial charge in [0.2, 0.25) is 5.91 Å². The van der Waals surface area contributed by atoms with Crippen molar-refractivity contribution >= 4 is 17.3 Å². The van der Waals surface area contributed by atoms with Gasteiger partial charge in [-0.3, -0.25) is 25.8 Å². The molecule has 2 N–H and O–H groups in total. The number of hydrogen-bond donors (Lipinski definition) is 2. The van der Waals surface area contributed by atoms with Crippen LogP contribution < -0.4 is 10.9 Å². The number of nitro groups is 1. The molecule has 0 atom stereocenters. The van der Waals surface area contributed by atoms with Gasteiger partial charge in [-0.1, -0.05) is 0 Å². The first-order valence-corrected chi connectivity index (χ1v) is 6.54. The molecular formula is C13H12F3N5O3. The predicted octanol–water partition coefficient (Wildman–Crippen LogP) is 2.03. The van der Waals surface area contributed by atoms with Gasteiger partial charge in [0.1, 0.15) is 5.69 Å². The number of imidazole rings is 1. The lowest BCUT2D eigenvalue weighted by atomic mass is 10.1. The number of alkyl halides is 3. The van der Waals surface area contributed by atoms with Crippen molar-refractivity contribution in [1.29, 1.82) is 0 Å². The summed E-state index contributed by atoms with van der Waals surface area (Å²) in [5.74, 6) is -0.534. The van der Waals surface area contributed by atoms with E-state index in [9.17, 15) is 28.1 Å². The van der Waals surface area contributed by atoms with Crippen LogP contribution in [-0.2, 0) is 24.4 Å². The van der Waals surface area contributed by atoms with Gasteiger partial charge in [-0.25, -0.2) is 4.98 Å². The maximum absolute atomic E-state index is 12.6. The molecule has 11 heteroatoms. The van der Waals surface area contributed by atoms with Gasteiger partial charge in [0.25, 0.3) is 5.69 Å². The first kappa shape index (κ1) is 17.2. The van der Waals surface area contributed by atoms with Gasteiger partial charge in [0.15, 0.2) is 0 Å². The molecule has 0 aliphatic heterocycles. The zero-order valence-corrected chi connectivity index (χ0v) is 12.3. The number of carbonyl (C=O) groups is 1. The van der Waals surface area contributed by atoms with Crippen molar-refractivity contribution in [1.82, 2.24) is 15.0 Å². The van der Waals surface area contributed by atoms with Gasteiger partial charge in [-0.05, 0) is 12.1 Å². The number of hydrazine groups is 1.